The van der Waals surface area contributed by atoms with Gasteiger partial charge in [0.05, 0.1) is 11.5 Å². The van der Waals surface area contributed by atoms with Gasteiger partial charge in [-0.1, -0.05) is 15.9 Å². The van der Waals surface area contributed by atoms with Crippen LogP contribution in [0.1, 0.15) is 5.76 Å². The molecule has 1 aromatic carbocycles. The predicted octanol–water partition coefficient (Wildman–Crippen LogP) is 2.21. The van der Waals surface area contributed by atoms with Crippen LogP contribution in [-0.2, 0) is 16.6 Å². The molecule has 3 N–H and O–H groups in total. The quantitative estimate of drug-likeness (QED) is 0.608. The number of halogens is 1. The molecule has 0 bridgehead atoms. The van der Waals surface area contributed by atoms with Crippen molar-refractivity contribution in [2.45, 2.75) is 11.6 Å². The Balaban J connectivity index is 2.17. The maximum atomic E-state index is 11.1. The van der Waals surface area contributed by atoms with E-state index in [1.807, 2.05) is 0 Å². The molecule has 0 atom stereocenters. The minimum Gasteiger partial charge on any atom is -0.446 e. The number of nitrogens with one attached hydrogen (secondary N) is 1. The van der Waals surface area contributed by atoms with Gasteiger partial charge in [0, 0.05) is 10.5 Å². The molecule has 2 aromatic rings. The van der Waals surface area contributed by atoms with Gasteiger partial charge in [0.15, 0.2) is 0 Å². The summed E-state index contributed by atoms with van der Waals surface area (Å²) in [5.74, 6) is 0.288. The fourth-order valence-electron chi connectivity index (χ4n) is 1.59. The average Bonchev–Trinajstić information content (AvgIpc) is 2.85. The Morgan fingerprint density at radius 1 is 1.33 bits per heavy atom. The van der Waals surface area contributed by atoms with Crippen LogP contribution in [0.2, 0.25) is 0 Å². The molecule has 0 saturated heterocycles. The summed E-state index contributed by atoms with van der Waals surface area (Å²) >= 11 is 3.15. The summed E-state index contributed by atoms with van der Waals surface area (Å²) in [5, 5.41) is 18.3. The van der Waals surface area contributed by atoms with Crippen LogP contribution < -0.4 is 10.5 Å². The van der Waals surface area contributed by atoms with E-state index in [-0.39, 0.29) is 28.8 Å². The fourth-order valence-corrected chi connectivity index (χ4v) is 2.42. The SMILES string of the molecule is NS(=O)(=O)c1ccc(CNc2ccc(Br)cc2[N+](=O)[O-])o1. The molecule has 1 heterocycles. The predicted molar refractivity (Wildman–Crippen MR) is 78.2 cm³/mol. The molecule has 0 unspecified atom stereocenters. The number of hydrogen-bond donors (Lipinski definition) is 2. The highest BCUT2D eigenvalue weighted by Gasteiger charge is 2.16. The van der Waals surface area contributed by atoms with Crippen molar-refractivity contribution in [3.05, 3.63) is 50.7 Å². The van der Waals surface area contributed by atoms with Gasteiger partial charge in [0.2, 0.25) is 5.09 Å². The van der Waals surface area contributed by atoms with E-state index in [0.717, 1.165) is 0 Å². The van der Waals surface area contributed by atoms with E-state index >= 15 is 0 Å². The molecule has 0 fully saturated rings. The Labute approximate surface area is 128 Å². The van der Waals surface area contributed by atoms with Gasteiger partial charge in [-0.25, -0.2) is 13.6 Å². The van der Waals surface area contributed by atoms with Crippen molar-refractivity contribution in [2.75, 3.05) is 5.32 Å². The molecule has 21 heavy (non-hydrogen) atoms. The Bertz CT molecular complexity index is 787. The lowest BCUT2D eigenvalue weighted by Gasteiger charge is -2.05. The largest absolute Gasteiger partial charge is 0.446 e. The van der Waals surface area contributed by atoms with Crippen LogP contribution in [0.3, 0.4) is 0 Å². The number of nitrogens with zero attached hydrogens (tertiary/aromatic N) is 1. The first kappa shape index (κ1) is 15.5. The molecular formula is C11H10BrN3O5S. The van der Waals surface area contributed by atoms with Crippen LogP contribution in [-0.4, -0.2) is 13.3 Å². The molecule has 8 nitrogen and oxygen atoms in total. The first-order valence-corrected chi connectivity index (χ1v) is 7.90. The van der Waals surface area contributed by atoms with Crippen molar-refractivity contribution in [1.82, 2.24) is 0 Å². The van der Waals surface area contributed by atoms with Crippen molar-refractivity contribution in [3.63, 3.8) is 0 Å². The topological polar surface area (TPSA) is 128 Å². The Morgan fingerprint density at radius 3 is 2.62 bits per heavy atom. The van der Waals surface area contributed by atoms with Gasteiger partial charge in [-0.3, -0.25) is 10.1 Å². The van der Waals surface area contributed by atoms with Crippen LogP contribution in [0.15, 0.2) is 44.3 Å². The molecule has 112 valence electrons. The number of rotatable bonds is 5. The first-order valence-electron chi connectivity index (χ1n) is 5.56. The number of hydrogen-bond acceptors (Lipinski definition) is 6. The van der Waals surface area contributed by atoms with E-state index in [1.165, 1.54) is 24.3 Å². The molecule has 0 saturated carbocycles. The lowest BCUT2D eigenvalue weighted by Crippen LogP contribution is -2.10. The van der Waals surface area contributed by atoms with Crippen LogP contribution in [0.5, 0.6) is 0 Å². The molecule has 10 heteroatoms. The van der Waals surface area contributed by atoms with Gasteiger partial charge < -0.3 is 9.73 Å². The summed E-state index contributed by atoms with van der Waals surface area (Å²) in [6, 6.07) is 7.19. The van der Waals surface area contributed by atoms with Gasteiger partial charge in [0.25, 0.3) is 15.7 Å². The first-order chi connectivity index (χ1) is 9.77. The number of nitrogens with two attached hydrogens (primary N) is 1. The zero-order valence-electron chi connectivity index (χ0n) is 10.4. The lowest BCUT2D eigenvalue weighted by molar-refractivity contribution is -0.384. The van der Waals surface area contributed by atoms with Gasteiger partial charge in [-0.2, -0.15) is 0 Å². The number of benzene rings is 1. The van der Waals surface area contributed by atoms with Crippen molar-refractivity contribution in [2.24, 2.45) is 5.14 Å². The second kappa shape index (κ2) is 5.84. The normalized spacial score (nSPS) is 11.3. The minimum atomic E-state index is -3.90. The summed E-state index contributed by atoms with van der Waals surface area (Å²) < 4.78 is 27.8. The maximum absolute atomic E-state index is 11.1. The molecule has 0 amide bonds. The van der Waals surface area contributed by atoms with E-state index in [4.69, 9.17) is 9.56 Å². The van der Waals surface area contributed by atoms with Crippen LogP contribution in [0.4, 0.5) is 11.4 Å². The summed E-state index contributed by atoms with van der Waals surface area (Å²) in [7, 11) is -3.90. The Kier molecular flexibility index (Phi) is 4.30. The fraction of sp³-hybridized carbons (Fsp3) is 0.0909. The highest BCUT2D eigenvalue weighted by atomic mass is 79.9. The number of primary sulfonamides is 1. The molecule has 0 radical (unpaired) electrons. The molecule has 0 aliphatic heterocycles. The number of furan rings is 1. The third kappa shape index (κ3) is 3.80. The molecule has 2 rings (SSSR count). The summed E-state index contributed by atoms with van der Waals surface area (Å²) in [4.78, 5) is 10.4. The smallest absolute Gasteiger partial charge is 0.293 e. The van der Waals surface area contributed by atoms with E-state index in [2.05, 4.69) is 21.2 Å². The van der Waals surface area contributed by atoms with Crippen molar-refractivity contribution in [3.8, 4) is 0 Å². The monoisotopic (exact) mass is 375 g/mol. The minimum absolute atomic E-state index is 0.0813. The van der Waals surface area contributed by atoms with E-state index in [1.54, 1.807) is 6.07 Å². The Morgan fingerprint density at radius 2 is 2.05 bits per heavy atom. The standard InChI is InChI=1S/C11H10BrN3O5S/c12-7-1-3-9(10(5-7)15(16)17)14-6-8-2-4-11(20-8)21(13,18)19/h1-5,14H,6H2,(H2,13,18,19). The molecule has 1 aromatic heterocycles. The van der Waals surface area contributed by atoms with E-state index in [9.17, 15) is 18.5 Å². The van der Waals surface area contributed by atoms with Crippen LogP contribution in [0.25, 0.3) is 0 Å². The number of nitro benzene ring substituents is 1. The highest BCUT2D eigenvalue weighted by Crippen LogP contribution is 2.28. The van der Waals surface area contributed by atoms with Gasteiger partial charge in [-0.05, 0) is 24.3 Å². The summed E-state index contributed by atoms with van der Waals surface area (Å²) in [6.07, 6.45) is 0. The second-order valence-electron chi connectivity index (χ2n) is 4.04. The Hall–Kier alpha value is -1.91. The molecule has 0 aliphatic carbocycles. The maximum Gasteiger partial charge on any atom is 0.293 e. The van der Waals surface area contributed by atoms with E-state index < -0.39 is 14.9 Å². The van der Waals surface area contributed by atoms with Gasteiger partial charge >= 0.3 is 0 Å². The van der Waals surface area contributed by atoms with Crippen LogP contribution >= 0.6 is 15.9 Å². The summed E-state index contributed by atoms with van der Waals surface area (Å²) in [6.45, 7) is 0.0813. The van der Waals surface area contributed by atoms with Crippen LogP contribution in [0, 0.1) is 10.1 Å². The highest BCUT2D eigenvalue weighted by molar-refractivity contribution is 9.10. The third-order valence-corrected chi connectivity index (χ3v) is 3.80. The lowest BCUT2D eigenvalue weighted by atomic mass is 10.2. The zero-order valence-corrected chi connectivity index (χ0v) is 12.8. The van der Waals surface area contributed by atoms with Gasteiger partial charge in [0.1, 0.15) is 11.4 Å². The number of sulfonamides is 1. The third-order valence-electron chi connectivity index (χ3n) is 2.53. The molecular weight excluding hydrogens is 366 g/mol. The second-order valence-corrected chi connectivity index (χ2v) is 6.45. The van der Waals surface area contributed by atoms with Crippen molar-refractivity contribution >= 4 is 37.3 Å². The summed E-state index contributed by atoms with van der Waals surface area (Å²) in [5.41, 5.74) is 0.180. The molecule has 0 aliphatic rings. The molecule has 0 spiro atoms. The zero-order chi connectivity index (χ0) is 15.6. The number of nitro groups is 1. The van der Waals surface area contributed by atoms with E-state index in [0.29, 0.717) is 4.47 Å². The van der Waals surface area contributed by atoms with Crippen molar-refractivity contribution in [1.29, 1.82) is 0 Å². The van der Waals surface area contributed by atoms with Crippen molar-refractivity contribution < 1.29 is 17.8 Å². The van der Waals surface area contributed by atoms with Gasteiger partial charge in [-0.15, -0.1) is 0 Å². The number of anilines is 1. The average molecular weight is 376 g/mol.